The minimum atomic E-state index is -0.257. The summed E-state index contributed by atoms with van der Waals surface area (Å²) in [7, 11) is 0. The highest BCUT2D eigenvalue weighted by Crippen LogP contribution is 2.18. The lowest BCUT2D eigenvalue weighted by atomic mass is 10.1. The van der Waals surface area contributed by atoms with Crippen molar-refractivity contribution >= 4 is 17.0 Å². The molecule has 114 valence electrons. The molecule has 0 saturated carbocycles. The second-order valence-corrected chi connectivity index (χ2v) is 6.28. The van der Waals surface area contributed by atoms with Gasteiger partial charge in [0.15, 0.2) is 0 Å². The summed E-state index contributed by atoms with van der Waals surface area (Å²) in [6.45, 7) is 0. The molecule has 0 amide bonds. The van der Waals surface area contributed by atoms with Crippen LogP contribution in [0.5, 0.6) is 0 Å². The molecule has 1 aromatic carbocycles. The van der Waals surface area contributed by atoms with E-state index in [-0.39, 0.29) is 11.1 Å². The van der Waals surface area contributed by atoms with Crippen LogP contribution in [0.4, 0.5) is 0 Å². The highest BCUT2D eigenvalue weighted by molar-refractivity contribution is 7.09. The van der Waals surface area contributed by atoms with Crippen LogP contribution in [0.15, 0.2) is 63.5 Å². The molecule has 5 nitrogen and oxygen atoms in total. The van der Waals surface area contributed by atoms with Crippen LogP contribution >= 0.6 is 11.3 Å². The molecule has 0 atom stereocenters. The van der Waals surface area contributed by atoms with Crippen LogP contribution in [0.3, 0.4) is 0 Å². The van der Waals surface area contributed by atoms with Crippen molar-refractivity contribution in [3.63, 3.8) is 0 Å². The summed E-state index contributed by atoms with van der Waals surface area (Å²) in [5.41, 5.74) is 2.20. The van der Waals surface area contributed by atoms with Crippen molar-refractivity contribution < 1.29 is 0 Å². The van der Waals surface area contributed by atoms with Gasteiger partial charge in [-0.05, 0) is 17.0 Å². The second-order valence-electron chi connectivity index (χ2n) is 5.25. The zero-order valence-electron chi connectivity index (χ0n) is 12.1. The first-order valence-corrected chi connectivity index (χ1v) is 8.05. The number of rotatable bonds is 3. The van der Waals surface area contributed by atoms with Crippen LogP contribution in [-0.2, 0) is 6.42 Å². The summed E-state index contributed by atoms with van der Waals surface area (Å²) < 4.78 is 1.28. The highest BCUT2D eigenvalue weighted by atomic mass is 32.1. The number of aromatic nitrogens is 3. The minimum absolute atomic E-state index is 0.239. The molecular weight excluding hydrogens is 310 g/mol. The Balaban J connectivity index is 1.94. The number of benzene rings is 1. The Labute approximate surface area is 134 Å². The first-order chi connectivity index (χ1) is 11.2. The molecule has 3 heterocycles. The van der Waals surface area contributed by atoms with E-state index in [1.807, 2.05) is 47.8 Å². The number of aromatic amines is 2. The molecule has 4 rings (SSSR count). The highest BCUT2D eigenvalue weighted by Gasteiger charge is 2.14. The smallest absolute Gasteiger partial charge is 0.273 e. The SMILES string of the molecule is O=c1[nH]n2c(=O)cc(-c3ccccc3)[nH]c2c1Cc1cccs1. The summed E-state index contributed by atoms with van der Waals surface area (Å²) in [5, 5.41) is 4.58. The fourth-order valence-corrected chi connectivity index (χ4v) is 3.36. The molecule has 0 unspecified atom stereocenters. The zero-order valence-corrected chi connectivity index (χ0v) is 12.9. The average molecular weight is 323 g/mol. The van der Waals surface area contributed by atoms with Gasteiger partial charge in [0.2, 0.25) is 0 Å². The molecule has 2 N–H and O–H groups in total. The molecule has 0 aliphatic rings. The van der Waals surface area contributed by atoms with Gasteiger partial charge in [0.1, 0.15) is 5.65 Å². The van der Waals surface area contributed by atoms with Crippen molar-refractivity contribution in [1.29, 1.82) is 0 Å². The molecule has 0 fully saturated rings. The van der Waals surface area contributed by atoms with E-state index in [1.54, 1.807) is 11.3 Å². The molecular formula is C17H13N3O2S. The lowest BCUT2D eigenvalue weighted by molar-refractivity contribution is 0.884. The number of H-pyrrole nitrogens is 2. The predicted molar refractivity (Wildman–Crippen MR) is 91.2 cm³/mol. The summed E-state index contributed by atoms with van der Waals surface area (Å²) in [4.78, 5) is 28.9. The number of hydrogen-bond donors (Lipinski definition) is 2. The average Bonchev–Trinajstić information content (AvgIpc) is 3.18. The van der Waals surface area contributed by atoms with Gasteiger partial charge in [-0.3, -0.25) is 14.7 Å². The Bertz CT molecular complexity index is 1070. The van der Waals surface area contributed by atoms with Crippen molar-refractivity contribution in [1.82, 2.24) is 14.6 Å². The first-order valence-electron chi connectivity index (χ1n) is 7.17. The van der Waals surface area contributed by atoms with Crippen molar-refractivity contribution in [2.24, 2.45) is 0 Å². The van der Waals surface area contributed by atoms with Crippen LogP contribution in [0.25, 0.3) is 16.9 Å². The fourth-order valence-electron chi connectivity index (χ4n) is 2.64. The standard InChI is InChI=1S/C17H13N3O2S/c21-15-10-14(11-5-2-1-3-6-11)18-16-13(17(22)19-20(15)16)9-12-7-4-8-23-12/h1-8,10,18H,9H2,(H,19,22). The van der Waals surface area contributed by atoms with Gasteiger partial charge in [0.05, 0.1) is 11.3 Å². The maximum atomic E-state index is 12.3. The lowest BCUT2D eigenvalue weighted by Crippen LogP contribution is -2.15. The molecule has 0 aliphatic heterocycles. The molecule has 23 heavy (non-hydrogen) atoms. The van der Waals surface area contributed by atoms with Crippen LogP contribution in [0.1, 0.15) is 10.4 Å². The van der Waals surface area contributed by atoms with Crippen LogP contribution < -0.4 is 11.1 Å². The third-order valence-electron chi connectivity index (χ3n) is 3.75. The van der Waals surface area contributed by atoms with Gasteiger partial charge < -0.3 is 4.98 Å². The largest absolute Gasteiger partial charge is 0.339 e. The van der Waals surface area contributed by atoms with E-state index in [0.29, 0.717) is 23.3 Å². The summed E-state index contributed by atoms with van der Waals surface area (Å²) >= 11 is 1.59. The van der Waals surface area contributed by atoms with Crippen LogP contribution in [0.2, 0.25) is 0 Å². The van der Waals surface area contributed by atoms with E-state index in [2.05, 4.69) is 10.1 Å². The molecule has 6 heteroatoms. The monoisotopic (exact) mass is 323 g/mol. The van der Waals surface area contributed by atoms with E-state index in [0.717, 1.165) is 10.4 Å². The molecule has 0 saturated heterocycles. The van der Waals surface area contributed by atoms with Crippen LogP contribution in [0, 0.1) is 0 Å². The van der Waals surface area contributed by atoms with Gasteiger partial charge >= 0.3 is 0 Å². The van der Waals surface area contributed by atoms with E-state index < -0.39 is 0 Å². The minimum Gasteiger partial charge on any atom is -0.339 e. The number of fused-ring (bicyclic) bond motifs is 1. The third-order valence-corrected chi connectivity index (χ3v) is 4.63. The second kappa shape index (κ2) is 5.40. The van der Waals surface area contributed by atoms with Gasteiger partial charge in [0.25, 0.3) is 11.1 Å². The quantitative estimate of drug-likeness (QED) is 0.608. The van der Waals surface area contributed by atoms with E-state index in [9.17, 15) is 9.59 Å². The fraction of sp³-hybridized carbons (Fsp3) is 0.0588. The molecule has 4 aromatic rings. The topological polar surface area (TPSA) is 70.1 Å². The van der Waals surface area contributed by atoms with Crippen molar-refractivity contribution in [3.05, 3.63) is 85.1 Å². The third kappa shape index (κ3) is 2.43. The van der Waals surface area contributed by atoms with Gasteiger partial charge in [-0.1, -0.05) is 36.4 Å². The maximum Gasteiger partial charge on any atom is 0.273 e. The van der Waals surface area contributed by atoms with Crippen molar-refractivity contribution in [3.8, 4) is 11.3 Å². The van der Waals surface area contributed by atoms with E-state index in [4.69, 9.17) is 0 Å². The Morgan fingerprint density at radius 1 is 1.04 bits per heavy atom. The number of nitrogens with zero attached hydrogens (tertiary/aromatic N) is 1. The number of nitrogens with one attached hydrogen (secondary N) is 2. The van der Waals surface area contributed by atoms with Gasteiger partial charge in [0, 0.05) is 17.4 Å². The Hall–Kier alpha value is -2.86. The number of hydrogen-bond acceptors (Lipinski definition) is 3. The normalized spacial score (nSPS) is 11.1. The molecule has 3 aromatic heterocycles. The van der Waals surface area contributed by atoms with E-state index >= 15 is 0 Å². The first kappa shape index (κ1) is 13.8. The Morgan fingerprint density at radius 3 is 2.61 bits per heavy atom. The molecule has 0 aliphatic carbocycles. The summed E-state index contributed by atoms with van der Waals surface area (Å²) in [5.74, 6) is 0. The Morgan fingerprint density at radius 2 is 1.87 bits per heavy atom. The Kier molecular flexibility index (Phi) is 3.24. The number of thiophene rings is 1. The summed E-state index contributed by atoms with van der Waals surface area (Å²) in [6, 6.07) is 15.0. The predicted octanol–water partition coefficient (Wildman–Crippen LogP) is 2.64. The van der Waals surface area contributed by atoms with Crippen molar-refractivity contribution in [2.45, 2.75) is 6.42 Å². The van der Waals surface area contributed by atoms with Gasteiger partial charge in [-0.2, -0.15) is 0 Å². The maximum absolute atomic E-state index is 12.3. The lowest BCUT2D eigenvalue weighted by Gasteiger charge is -2.04. The van der Waals surface area contributed by atoms with Crippen molar-refractivity contribution in [2.75, 3.05) is 0 Å². The molecule has 0 spiro atoms. The molecule has 0 bridgehead atoms. The van der Waals surface area contributed by atoms with Gasteiger partial charge in [-0.15, -0.1) is 11.3 Å². The summed E-state index contributed by atoms with van der Waals surface area (Å²) in [6.07, 6.45) is 0.498. The zero-order chi connectivity index (χ0) is 15.8. The van der Waals surface area contributed by atoms with Gasteiger partial charge in [-0.25, -0.2) is 4.52 Å². The van der Waals surface area contributed by atoms with Crippen LogP contribution in [-0.4, -0.2) is 14.6 Å². The molecule has 0 radical (unpaired) electrons. The van der Waals surface area contributed by atoms with E-state index in [1.165, 1.54) is 10.6 Å².